The lowest BCUT2D eigenvalue weighted by Gasteiger charge is -2.19. The van der Waals surface area contributed by atoms with Crippen molar-refractivity contribution in [3.63, 3.8) is 0 Å². The second-order valence-electron chi connectivity index (χ2n) is 5.02. The van der Waals surface area contributed by atoms with E-state index in [0.29, 0.717) is 5.02 Å². The van der Waals surface area contributed by atoms with Gasteiger partial charge in [-0.15, -0.1) is 0 Å². The van der Waals surface area contributed by atoms with Crippen LogP contribution in [-0.4, -0.2) is 0 Å². The summed E-state index contributed by atoms with van der Waals surface area (Å²) >= 11 is 9.73. The van der Waals surface area contributed by atoms with E-state index in [9.17, 15) is 0 Å². The van der Waals surface area contributed by atoms with Gasteiger partial charge in [-0.1, -0.05) is 57.4 Å². The van der Waals surface area contributed by atoms with Gasteiger partial charge in [0.25, 0.3) is 0 Å². The van der Waals surface area contributed by atoms with Crippen LogP contribution in [0.4, 0.5) is 0 Å². The Bertz CT molecular complexity index is 613. The summed E-state index contributed by atoms with van der Waals surface area (Å²) in [7, 11) is 0. The van der Waals surface area contributed by atoms with Crippen molar-refractivity contribution < 1.29 is 0 Å². The third kappa shape index (κ3) is 3.61. The molecular formula is C16H18BrClN2. The Hall–Kier alpha value is -0.870. The molecule has 2 aromatic rings. The van der Waals surface area contributed by atoms with Crippen LogP contribution in [0.1, 0.15) is 28.3 Å². The van der Waals surface area contributed by atoms with Gasteiger partial charge >= 0.3 is 0 Å². The molecule has 0 spiro atoms. The molecule has 0 aliphatic carbocycles. The van der Waals surface area contributed by atoms with Gasteiger partial charge in [-0.3, -0.25) is 11.3 Å². The van der Waals surface area contributed by atoms with Crippen LogP contribution in [-0.2, 0) is 6.42 Å². The zero-order chi connectivity index (χ0) is 14.7. The van der Waals surface area contributed by atoms with E-state index >= 15 is 0 Å². The van der Waals surface area contributed by atoms with Crippen molar-refractivity contribution in [2.45, 2.75) is 26.3 Å². The first-order chi connectivity index (χ1) is 9.51. The zero-order valence-electron chi connectivity index (χ0n) is 11.6. The molecule has 106 valence electrons. The molecule has 4 heteroatoms. The molecule has 2 nitrogen and oxygen atoms in total. The molecule has 1 unspecified atom stereocenters. The van der Waals surface area contributed by atoms with Gasteiger partial charge in [0, 0.05) is 9.50 Å². The topological polar surface area (TPSA) is 38.0 Å². The van der Waals surface area contributed by atoms with Crippen LogP contribution in [0.5, 0.6) is 0 Å². The van der Waals surface area contributed by atoms with Crippen LogP contribution in [0.25, 0.3) is 0 Å². The Labute approximate surface area is 133 Å². The SMILES string of the molecule is Cc1ccc(C)c(CC(NN)c2ccc(Br)cc2Cl)c1. The van der Waals surface area contributed by atoms with E-state index in [4.69, 9.17) is 17.4 Å². The average molecular weight is 354 g/mol. The minimum absolute atomic E-state index is 0.00361. The Morgan fingerprint density at radius 2 is 1.95 bits per heavy atom. The van der Waals surface area contributed by atoms with Crippen LogP contribution < -0.4 is 11.3 Å². The minimum Gasteiger partial charge on any atom is -0.271 e. The lowest BCUT2D eigenvalue weighted by atomic mass is 9.95. The molecule has 0 heterocycles. The molecule has 2 rings (SSSR count). The molecule has 0 aliphatic heterocycles. The summed E-state index contributed by atoms with van der Waals surface area (Å²) in [6.45, 7) is 4.21. The second kappa shape index (κ2) is 6.72. The Kier molecular flexibility index (Phi) is 5.22. The number of rotatable bonds is 4. The maximum absolute atomic E-state index is 6.31. The Morgan fingerprint density at radius 3 is 2.60 bits per heavy atom. The molecule has 20 heavy (non-hydrogen) atoms. The van der Waals surface area contributed by atoms with E-state index in [1.165, 1.54) is 16.7 Å². The molecule has 0 aromatic heterocycles. The van der Waals surface area contributed by atoms with Gasteiger partial charge in [0.05, 0.1) is 6.04 Å². The molecule has 1 atom stereocenters. The molecule has 0 bridgehead atoms. The van der Waals surface area contributed by atoms with Gasteiger partial charge in [0.2, 0.25) is 0 Å². The number of benzene rings is 2. The minimum atomic E-state index is -0.00361. The van der Waals surface area contributed by atoms with Crippen LogP contribution >= 0.6 is 27.5 Å². The van der Waals surface area contributed by atoms with Crippen molar-refractivity contribution in [2.75, 3.05) is 0 Å². The highest BCUT2D eigenvalue weighted by Gasteiger charge is 2.15. The van der Waals surface area contributed by atoms with E-state index in [2.05, 4.69) is 53.4 Å². The molecule has 0 radical (unpaired) electrons. The Balaban J connectivity index is 2.31. The van der Waals surface area contributed by atoms with Crippen molar-refractivity contribution in [3.05, 3.63) is 68.1 Å². The third-order valence-corrected chi connectivity index (χ3v) is 4.29. The normalized spacial score (nSPS) is 12.4. The van der Waals surface area contributed by atoms with Gasteiger partial charge in [-0.05, 0) is 49.1 Å². The summed E-state index contributed by atoms with van der Waals surface area (Å²) in [5.41, 5.74) is 7.69. The maximum atomic E-state index is 6.31. The fraction of sp³-hybridized carbons (Fsp3) is 0.250. The first-order valence-electron chi connectivity index (χ1n) is 6.48. The first kappa shape index (κ1) is 15.5. The monoisotopic (exact) mass is 352 g/mol. The average Bonchev–Trinajstić information content (AvgIpc) is 2.40. The molecule has 0 fully saturated rings. The highest BCUT2D eigenvalue weighted by molar-refractivity contribution is 9.10. The van der Waals surface area contributed by atoms with E-state index in [0.717, 1.165) is 16.5 Å². The summed E-state index contributed by atoms with van der Waals surface area (Å²) in [6.07, 6.45) is 0.811. The van der Waals surface area contributed by atoms with E-state index in [-0.39, 0.29) is 6.04 Å². The van der Waals surface area contributed by atoms with Crippen LogP contribution in [0.2, 0.25) is 5.02 Å². The lowest BCUT2D eigenvalue weighted by molar-refractivity contribution is 0.551. The summed E-state index contributed by atoms with van der Waals surface area (Å²) in [6, 6.07) is 12.3. The van der Waals surface area contributed by atoms with Crippen molar-refractivity contribution in [3.8, 4) is 0 Å². The lowest BCUT2D eigenvalue weighted by Crippen LogP contribution is -2.30. The molecule has 0 saturated heterocycles. The molecule has 2 aromatic carbocycles. The summed E-state index contributed by atoms with van der Waals surface area (Å²) < 4.78 is 0.966. The Morgan fingerprint density at radius 1 is 1.20 bits per heavy atom. The number of nitrogens with two attached hydrogens (primary N) is 1. The molecule has 3 N–H and O–H groups in total. The number of hydrogen-bond acceptors (Lipinski definition) is 2. The van der Waals surface area contributed by atoms with Crippen molar-refractivity contribution in [2.24, 2.45) is 5.84 Å². The quantitative estimate of drug-likeness (QED) is 0.629. The second-order valence-corrected chi connectivity index (χ2v) is 6.34. The van der Waals surface area contributed by atoms with Gasteiger partial charge in [-0.2, -0.15) is 0 Å². The molecule has 0 aliphatic rings. The number of halogens is 2. The van der Waals surface area contributed by atoms with E-state index in [1.807, 2.05) is 18.2 Å². The predicted octanol–water partition coefficient (Wildman–Crippen LogP) is 4.47. The van der Waals surface area contributed by atoms with Crippen molar-refractivity contribution in [1.29, 1.82) is 0 Å². The van der Waals surface area contributed by atoms with Crippen LogP contribution in [0, 0.1) is 13.8 Å². The maximum Gasteiger partial charge on any atom is 0.0515 e. The van der Waals surface area contributed by atoms with Crippen LogP contribution in [0.15, 0.2) is 40.9 Å². The summed E-state index contributed by atoms with van der Waals surface area (Å²) in [4.78, 5) is 0. The molecular weight excluding hydrogens is 336 g/mol. The predicted molar refractivity (Wildman–Crippen MR) is 88.8 cm³/mol. The largest absolute Gasteiger partial charge is 0.271 e. The fourth-order valence-corrected chi connectivity index (χ4v) is 3.09. The van der Waals surface area contributed by atoms with Crippen LogP contribution in [0.3, 0.4) is 0 Å². The smallest absolute Gasteiger partial charge is 0.0515 e. The van der Waals surface area contributed by atoms with Crippen molar-refractivity contribution in [1.82, 2.24) is 5.43 Å². The fourth-order valence-electron chi connectivity index (χ4n) is 2.28. The standard InChI is InChI=1S/C16H18BrClN2/c1-10-3-4-11(2)12(7-10)8-16(20-19)14-6-5-13(17)9-15(14)18/h3-7,9,16,20H,8,19H2,1-2H3. The van der Waals surface area contributed by atoms with Gasteiger partial charge in [0.1, 0.15) is 0 Å². The highest BCUT2D eigenvalue weighted by atomic mass is 79.9. The van der Waals surface area contributed by atoms with Gasteiger partial charge in [-0.25, -0.2) is 0 Å². The number of hydrazine groups is 1. The summed E-state index contributed by atoms with van der Waals surface area (Å²) in [5, 5.41) is 0.715. The van der Waals surface area contributed by atoms with Gasteiger partial charge in [0.15, 0.2) is 0 Å². The third-order valence-electron chi connectivity index (χ3n) is 3.47. The van der Waals surface area contributed by atoms with Crippen molar-refractivity contribution >= 4 is 27.5 Å². The number of aryl methyl sites for hydroxylation is 2. The van der Waals surface area contributed by atoms with Gasteiger partial charge < -0.3 is 0 Å². The summed E-state index contributed by atoms with van der Waals surface area (Å²) in [5.74, 6) is 5.73. The van der Waals surface area contributed by atoms with E-state index < -0.39 is 0 Å². The highest BCUT2D eigenvalue weighted by Crippen LogP contribution is 2.29. The number of hydrogen-bond donors (Lipinski definition) is 2. The first-order valence-corrected chi connectivity index (χ1v) is 7.65. The molecule has 0 saturated carbocycles. The number of nitrogens with one attached hydrogen (secondary N) is 1. The molecule has 0 amide bonds. The zero-order valence-corrected chi connectivity index (χ0v) is 13.9. The van der Waals surface area contributed by atoms with E-state index in [1.54, 1.807) is 0 Å².